The molecule has 0 heterocycles. The minimum atomic E-state index is 0.756. The predicted octanol–water partition coefficient (Wildman–Crippen LogP) is 7.74. The summed E-state index contributed by atoms with van der Waals surface area (Å²) >= 11 is 0. The zero-order valence-corrected chi connectivity index (χ0v) is 19.2. The third-order valence-electron chi connectivity index (χ3n) is 6.64. The lowest BCUT2D eigenvalue weighted by Crippen LogP contribution is -1.90. The molecule has 3 nitrogen and oxygen atoms in total. The van der Waals surface area contributed by atoms with Gasteiger partial charge in [0, 0.05) is 17.1 Å². The van der Waals surface area contributed by atoms with Crippen LogP contribution in [0.3, 0.4) is 0 Å². The smallest absolute Gasteiger partial charge is 0.0314 e. The Morgan fingerprint density at radius 3 is 1.34 bits per heavy atom. The van der Waals surface area contributed by atoms with E-state index in [-0.39, 0.29) is 0 Å². The van der Waals surface area contributed by atoms with Crippen LogP contribution in [0.2, 0.25) is 0 Å². The Morgan fingerprint density at radius 1 is 0.314 bits per heavy atom. The molecular weight excluding hydrogens is 426 g/mol. The van der Waals surface area contributed by atoms with Gasteiger partial charge >= 0.3 is 0 Å². The Labute approximate surface area is 204 Å². The van der Waals surface area contributed by atoms with Crippen LogP contribution >= 0.6 is 0 Å². The highest BCUT2D eigenvalue weighted by Gasteiger charge is 2.13. The van der Waals surface area contributed by atoms with Crippen LogP contribution in [0.5, 0.6) is 0 Å². The molecule has 0 aliphatic carbocycles. The predicted molar refractivity (Wildman–Crippen MR) is 151 cm³/mol. The van der Waals surface area contributed by atoms with Gasteiger partial charge in [-0.15, -0.1) is 0 Å². The van der Waals surface area contributed by atoms with E-state index in [9.17, 15) is 0 Å². The number of nitrogen functional groups attached to an aromatic ring is 3. The van der Waals surface area contributed by atoms with Gasteiger partial charge in [0.1, 0.15) is 0 Å². The number of hydrogen-bond donors (Lipinski definition) is 3. The van der Waals surface area contributed by atoms with Gasteiger partial charge in [-0.2, -0.15) is 0 Å². The van der Waals surface area contributed by atoms with Crippen molar-refractivity contribution in [2.45, 2.75) is 0 Å². The van der Waals surface area contributed by atoms with E-state index in [1.54, 1.807) is 0 Å². The third kappa shape index (κ3) is 3.83. The number of hydrogen-bond acceptors (Lipinski definition) is 3. The molecule has 0 fully saturated rings. The summed E-state index contributed by atoms with van der Waals surface area (Å²) < 4.78 is 0. The Kier molecular flexibility index (Phi) is 4.89. The number of benzene rings is 6. The maximum Gasteiger partial charge on any atom is 0.0314 e. The molecule has 0 atom stereocenters. The van der Waals surface area contributed by atoms with Crippen molar-refractivity contribution in [1.82, 2.24) is 0 Å². The summed E-state index contributed by atoms with van der Waals surface area (Å²) in [6.45, 7) is 0. The Morgan fingerprint density at radius 2 is 0.771 bits per heavy atom. The largest absolute Gasteiger partial charge is 0.399 e. The molecule has 0 aliphatic heterocycles. The second kappa shape index (κ2) is 8.23. The monoisotopic (exact) mass is 451 g/mol. The topological polar surface area (TPSA) is 78.1 Å². The highest BCUT2D eigenvalue weighted by molar-refractivity contribution is 6.14. The maximum atomic E-state index is 6.02. The molecule has 0 saturated carbocycles. The van der Waals surface area contributed by atoms with E-state index in [2.05, 4.69) is 78.9 Å². The summed E-state index contributed by atoms with van der Waals surface area (Å²) in [5.41, 5.74) is 27.1. The second-order valence-corrected chi connectivity index (χ2v) is 8.99. The molecule has 35 heavy (non-hydrogen) atoms. The molecule has 0 spiro atoms. The number of nitrogens with two attached hydrogens (primary N) is 3. The molecule has 0 aliphatic rings. The lowest BCUT2D eigenvalue weighted by Gasteiger charge is -2.15. The molecule has 0 bridgehead atoms. The highest BCUT2D eigenvalue weighted by atomic mass is 14.5. The number of anilines is 3. The van der Waals surface area contributed by atoms with E-state index in [0.717, 1.165) is 39.3 Å². The maximum absolute atomic E-state index is 6.02. The molecule has 0 aromatic heterocycles. The molecular formula is C32H25N3. The van der Waals surface area contributed by atoms with Crippen molar-refractivity contribution in [2.75, 3.05) is 17.2 Å². The van der Waals surface area contributed by atoms with Crippen LogP contribution in [0.4, 0.5) is 17.1 Å². The van der Waals surface area contributed by atoms with Crippen molar-refractivity contribution in [1.29, 1.82) is 0 Å². The standard InChI is InChI=1S/C32H25N3/c33-27-10-3-20(4-11-27)23-9-16-30-26(17-23)18-25-2-1-24(21-5-12-28(34)13-6-21)19-31(25)32(30)22-7-14-29(35)15-8-22/h1-19H,33-35H2. The van der Waals surface area contributed by atoms with E-state index in [4.69, 9.17) is 17.2 Å². The van der Waals surface area contributed by atoms with Crippen LogP contribution in [0.1, 0.15) is 0 Å². The fourth-order valence-electron chi connectivity index (χ4n) is 4.79. The van der Waals surface area contributed by atoms with Gasteiger partial charge in [-0.05, 0) is 110 Å². The van der Waals surface area contributed by atoms with Crippen LogP contribution in [0, 0.1) is 0 Å². The summed E-state index contributed by atoms with van der Waals surface area (Å²) in [5, 5.41) is 4.80. The summed E-state index contributed by atoms with van der Waals surface area (Å²) in [7, 11) is 0. The average molecular weight is 452 g/mol. The van der Waals surface area contributed by atoms with Gasteiger partial charge < -0.3 is 17.2 Å². The zero-order valence-electron chi connectivity index (χ0n) is 19.2. The van der Waals surface area contributed by atoms with Crippen molar-refractivity contribution < 1.29 is 0 Å². The van der Waals surface area contributed by atoms with Crippen LogP contribution in [0.15, 0.2) is 115 Å². The van der Waals surface area contributed by atoms with E-state index >= 15 is 0 Å². The number of rotatable bonds is 3. The van der Waals surface area contributed by atoms with Crippen LogP contribution < -0.4 is 17.2 Å². The summed E-state index contributed by atoms with van der Waals surface area (Å²) in [5.74, 6) is 0. The lowest BCUT2D eigenvalue weighted by atomic mass is 9.89. The van der Waals surface area contributed by atoms with Crippen molar-refractivity contribution in [3.8, 4) is 33.4 Å². The van der Waals surface area contributed by atoms with Gasteiger partial charge in [0.15, 0.2) is 0 Å². The van der Waals surface area contributed by atoms with E-state index in [0.29, 0.717) is 0 Å². The molecule has 3 heteroatoms. The first-order chi connectivity index (χ1) is 17.0. The minimum Gasteiger partial charge on any atom is -0.399 e. The third-order valence-corrected chi connectivity index (χ3v) is 6.64. The molecule has 6 aromatic carbocycles. The van der Waals surface area contributed by atoms with Gasteiger partial charge in [0.2, 0.25) is 0 Å². The zero-order chi connectivity index (χ0) is 23.9. The first kappa shape index (κ1) is 20.8. The molecule has 0 amide bonds. The minimum absolute atomic E-state index is 0.756. The Bertz CT molecular complexity index is 1680. The Hall–Kier alpha value is -4.76. The van der Waals surface area contributed by atoms with Gasteiger partial charge in [0.25, 0.3) is 0 Å². The fourth-order valence-corrected chi connectivity index (χ4v) is 4.79. The second-order valence-electron chi connectivity index (χ2n) is 8.99. The van der Waals surface area contributed by atoms with Gasteiger partial charge in [-0.3, -0.25) is 0 Å². The van der Waals surface area contributed by atoms with E-state index in [1.807, 2.05) is 36.4 Å². The Balaban J connectivity index is 1.62. The van der Waals surface area contributed by atoms with Crippen molar-refractivity contribution in [3.63, 3.8) is 0 Å². The molecule has 168 valence electrons. The van der Waals surface area contributed by atoms with Crippen LogP contribution in [0.25, 0.3) is 54.9 Å². The SMILES string of the molecule is Nc1ccc(-c2ccc3c(-c4ccc(N)cc4)c4cc(-c5ccc(N)cc5)ccc4cc3c2)cc1. The van der Waals surface area contributed by atoms with Crippen molar-refractivity contribution in [2.24, 2.45) is 0 Å². The van der Waals surface area contributed by atoms with Crippen LogP contribution in [-0.4, -0.2) is 0 Å². The van der Waals surface area contributed by atoms with Crippen molar-refractivity contribution in [3.05, 3.63) is 115 Å². The number of fused-ring (bicyclic) bond motifs is 2. The van der Waals surface area contributed by atoms with Gasteiger partial charge in [-0.25, -0.2) is 0 Å². The van der Waals surface area contributed by atoms with Crippen molar-refractivity contribution >= 4 is 38.6 Å². The fraction of sp³-hybridized carbons (Fsp3) is 0. The molecule has 6 aromatic rings. The first-order valence-corrected chi connectivity index (χ1v) is 11.6. The lowest BCUT2D eigenvalue weighted by molar-refractivity contribution is 1.62. The first-order valence-electron chi connectivity index (χ1n) is 11.6. The molecule has 6 N–H and O–H groups in total. The molecule has 6 rings (SSSR count). The summed E-state index contributed by atoms with van der Waals surface area (Å²) in [6, 6.07) is 39.8. The molecule has 0 unspecified atom stereocenters. The molecule has 0 saturated heterocycles. The van der Waals surface area contributed by atoms with Crippen LogP contribution in [-0.2, 0) is 0 Å². The van der Waals surface area contributed by atoms with Gasteiger partial charge in [0.05, 0.1) is 0 Å². The van der Waals surface area contributed by atoms with E-state index in [1.165, 1.54) is 32.7 Å². The highest BCUT2D eigenvalue weighted by Crippen LogP contribution is 2.40. The summed E-state index contributed by atoms with van der Waals surface area (Å²) in [6.07, 6.45) is 0. The van der Waals surface area contributed by atoms with E-state index < -0.39 is 0 Å². The van der Waals surface area contributed by atoms with Gasteiger partial charge in [-0.1, -0.05) is 60.7 Å². The average Bonchev–Trinajstić information content (AvgIpc) is 2.88. The normalized spacial score (nSPS) is 11.2. The summed E-state index contributed by atoms with van der Waals surface area (Å²) in [4.78, 5) is 0. The molecule has 0 radical (unpaired) electrons. The quantitative estimate of drug-likeness (QED) is 0.190.